The van der Waals surface area contributed by atoms with Gasteiger partial charge in [-0.1, -0.05) is 0 Å². The first-order chi connectivity index (χ1) is 12.8. The molecule has 3 aromatic rings. The number of aromatic amines is 1. The van der Waals surface area contributed by atoms with Gasteiger partial charge in [-0.25, -0.2) is 4.98 Å². The highest BCUT2D eigenvalue weighted by molar-refractivity contribution is 6.30. The summed E-state index contributed by atoms with van der Waals surface area (Å²) in [6, 6.07) is 12.0. The van der Waals surface area contributed by atoms with E-state index in [4.69, 9.17) is 5.41 Å². The van der Waals surface area contributed by atoms with Crippen molar-refractivity contribution < 1.29 is 5.11 Å². The fourth-order valence-corrected chi connectivity index (χ4v) is 3.37. The molecule has 0 spiro atoms. The third-order valence-electron chi connectivity index (χ3n) is 5.12. The van der Waals surface area contributed by atoms with Gasteiger partial charge in [0.05, 0.1) is 23.2 Å². The smallest absolute Gasteiger partial charge is 0.145 e. The van der Waals surface area contributed by atoms with E-state index in [2.05, 4.69) is 29.9 Å². The van der Waals surface area contributed by atoms with Gasteiger partial charge in [-0.3, -0.25) is 5.41 Å². The molecule has 6 heteroatoms. The second-order valence-corrected chi connectivity index (χ2v) is 7.21. The van der Waals surface area contributed by atoms with Crippen LogP contribution in [0.3, 0.4) is 0 Å². The summed E-state index contributed by atoms with van der Waals surface area (Å²) < 4.78 is 0. The van der Waals surface area contributed by atoms with Crippen molar-refractivity contribution >= 4 is 33.8 Å². The van der Waals surface area contributed by atoms with Gasteiger partial charge in [-0.05, 0) is 61.4 Å². The van der Waals surface area contributed by atoms with Crippen molar-refractivity contribution in [3.05, 3.63) is 59.1 Å². The molecule has 0 bridgehead atoms. The summed E-state index contributed by atoms with van der Waals surface area (Å²) in [6.07, 6.45) is 0. The monoisotopic (exact) mass is 361 g/mol. The minimum Gasteiger partial charge on any atom is -0.509 e. The molecule has 0 saturated carbocycles. The number of benzene rings is 2. The zero-order valence-corrected chi connectivity index (χ0v) is 16.0. The van der Waals surface area contributed by atoms with Crippen LogP contribution >= 0.6 is 0 Å². The van der Waals surface area contributed by atoms with Gasteiger partial charge in [0, 0.05) is 25.5 Å². The molecule has 1 aliphatic rings. The van der Waals surface area contributed by atoms with E-state index in [1.165, 1.54) is 11.1 Å². The molecule has 4 rings (SSSR count). The second-order valence-electron chi connectivity index (χ2n) is 7.21. The van der Waals surface area contributed by atoms with Crippen molar-refractivity contribution in [3.8, 4) is 0 Å². The lowest BCUT2D eigenvalue weighted by Gasteiger charge is -2.20. The molecule has 0 fully saturated rings. The molecule has 1 aliphatic heterocycles. The van der Waals surface area contributed by atoms with E-state index >= 15 is 0 Å². The predicted molar refractivity (Wildman–Crippen MR) is 111 cm³/mol. The number of anilines is 2. The molecule has 0 radical (unpaired) electrons. The first kappa shape index (κ1) is 17.1. The van der Waals surface area contributed by atoms with Crippen molar-refractivity contribution in [1.82, 2.24) is 9.97 Å². The van der Waals surface area contributed by atoms with Crippen LogP contribution in [-0.4, -0.2) is 41.6 Å². The molecular weight excluding hydrogens is 338 g/mol. The van der Waals surface area contributed by atoms with Crippen LogP contribution in [0.15, 0.2) is 42.2 Å². The minimum atomic E-state index is 0.157. The lowest BCUT2D eigenvalue weighted by Crippen LogP contribution is -2.26. The summed E-state index contributed by atoms with van der Waals surface area (Å²) in [7, 11) is 3.98. The zero-order chi connectivity index (χ0) is 19.3. The average Bonchev–Trinajstić information content (AvgIpc) is 3.15. The van der Waals surface area contributed by atoms with Crippen molar-refractivity contribution in [1.29, 1.82) is 5.41 Å². The lowest BCUT2D eigenvalue weighted by atomic mass is 10.1. The average molecular weight is 361 g/mol. The molecule has 27 heavy (non-hydrogen) atoms. The Balaban J connectivity index is 1.68. The number of hydrogen-bond acceptors (Lipinski definition) is 4. The van der Waals surface area contributed by atoms with Crippen LogP contribution in [-0.2, 0) is 0 Å². The minimum absolute atomic E-state index is 0.157. The maximum Gasteiger partial charge on any atom is 0.145 e. The van der Waals surface area contributed by atoms with E-state index in [0.29, 0.717) is 11.4 Å². The van der Waals surface area contributed by atoms with Gasteiger partial charge in [0.25, 0.3) is 0 Å². The summed E-state index contributed by atoms with van der Waals surface area (Å²) in [4.78, 5) is 11.7. The molecular formula is C21H23N5O. The van der Waals surface area contributed by atoms with Crippen molar-refractivity contribution in [2.24, 2.45) is 0 Å². The van der Waals surface area contributed by atoms with Crippen LogP contribution < -0.4 is 9.80 Å². The highest BCUT2D eigenvalue weighted by Gasteiger charge is 2.31. The number of H-pyrrole nitrogens is 1. The van der Waals surface area contributed by atoms with Crippen molar-refractivity contribution in [2.45, 2.75) is 13.8 Å². The van der Waals surface area contributed by atoms with E-state index < -0.39 is 0 Å². The Morgan fingerprint density at radius 2 is 1.78 bits per heavy atom. The Hall–Kier alpha value is -3.28. The Morgan fingerprint density at radius 1 is 1.11 bits per heavy atom. The summed E-state index contributed by atoms with van der Waals surface area (Å²) in [6.45, 7) is 4.38. The highest BCUT2D eigenvalue weighted by atomic mass is 16.3. The molecule has 1 aromatic heterocycles. The third kappa shape index (κ3) is 2.83. The van der Waals surface area contributed by atoms with E-state index in [1.807, 2.05) is 49.3 Å². The summed E-state index contributed by atoms with van der Waals surface area (Å²) in [5.74, 6) is 0.937. The Kier molecular flexibility index (Phi) is 3.91. The lowest BCUT2D eigenvalue weighted by molar-refractivity contribution is 0.411. The number of amidine groups is 1. The Bertz CT molecular complexity index is 1040. The van der Waals surface area contributed by atoms with Crippen LogP contribution in [0.25, 0.3) is 16.6 Å². The number of fused-ring (bicyclic) bond motifs is 1. The molecule has 0 atom stereocenters. The van der Waals surface area contributed by atoms with E-state index in [9.17, 15) is 5.11 Å². The largest absolute Gasteiger partial charge is 0.509 e. The number of aromatic nitrogens is 2. The number of aliphatic hydroxyl groups excluding tert-OH is 1. The Morgan fingerprint density at radius 3 is 2.44 bits per heavy atom. The molecule has 0 saturated heterocycles. The van der Waals surface area contributed by atoms with E-state index in [1.54, 1.807) is 4.90 Å². The van der Waals surface area contributed by atoms with Gasteiger partial charge in [0.15, 0.2) is 0 Å². The summed E-state index contributed by atoms with van der Waals surface area (Å²) >= 11 is 0. The topological polar surface area (TPSA) is 79.2 Å². The quantitative estimate of drug-likeness (QED) is 0.658. The van der Waals surface area contributed by atoms with Gasteiger partial charge in [0.2, 0.25) is 0 Å². The number of aliphatic hydroxyl groups is 1. The van der Waals surface area contributed by atoms with Crippen LogP contribution in [0.5, 0.6) is 0 Å². The van der Waals surface area contributed by atoms with Crippen molar-refractivity contribution in [2.75, 3.05) is 30.4 Å². The van der Waals surface area contributed by atoms with Gasteiger partial charge < -0.3 is 19.9 Å². The maximum atomic E-state index is 10.6. The fraction of sp³-hybridized carbons (Fsp3) is 0.238. The first-order valence-corrected chi connectivity index (χ1v) is 8.88. The first-order valence-electron chi connectivity index (χ1n) is 8.88. The fourth-order valence-electron chi connectivity index (χ4n) is 3.37. The second kappa shape index (κ2) is 6.16. The number of rotatable bonds is 3. The SMILES string of the molecule is Cc1cc2nc(C3=C(O)CN(c4ccc(N(C)C)cc4)C3=N)[nH]c2cc1C. The molecule has 6 nitrogen and oxygen atoms in total. The number of aryl methyl sites for hydroxylation is 2. The van der Waals surface area contributed by atoms with Gasteiger partial charge in [-0.2, -0.15) is 0 Å². The third-order valence-corrected chi connectivity index (χ3v) is 5.12. The van der Waals surface area contributed by atoms with Gasteiger partial charge in [0.1, 0.15) is 17.4 Å². The number of nitrogens with zero attached hydrogens (tertiary/aromatic N) is 3. The predicted octanol–water partition coefficient (Wildman–Crippen LogP) is 4.01. The highest BCUT2D eigenvalue weighted by Crippen LogP contribution is 2.32. The normalized spacial score (nSPS) is 14.5. The van der Waals surface area contributed by atoms with E-state index in [0.717, 1.165) is 22.4 Å². The molecule has 138 valence electrons. The summed E-state index contributed by atoms with van der Waals surface area (Å²) in [5, 5.41) is 19.2. The standard InChI is InChI=1S/C21H23N5O/c1-12-9-16-17(10-13(12)2)24-21(23-16)19-18(27)11-26(20(19)22)15-7-5-14(6-8-15)25(3)4/h5-10,22,27H,11H2,1-4H3,(H,23,24). The van der Waals surface area contributed by atoms with E-state index in [-0.39, 0.29) is 18.1 Å². The van der Waals surface area contributed by atoms with Gasteiger partial charge >= 0.3 is 0 Å². The van der Waals surface area contributed by atoms with Crippen LogP contribution in [0.2, 0.25) is 0 Å². The van der Waals surface area contributed by atoms with Crippen molar-refractivity contribution in [3.63, 3.8) is 0 Å². The van der Waals surface area contributed by atoms with Gasteiger partial charge in [-0.15, -0.1) is 0 Å². The molecule has 3 N–H and O–H groups in total. The molecule has 2 aromatic carbocycles. The molecule has 0 aliphatic carbocycles. The van der Waals surface area contributed by atoms with Crippen LogP contribution in [0.1, 0.15) is 17.0 Å². The summed E-state index contributed by atoms with van der Waals surface area (Å²) in [5.41, 5.74) is 6.52. The Labute approximate surface area is 158 Å². The molecule has 0 amide bonds. The number of nitrogens with one attached hydrogen (secondary N) is 2. The molecule has 2 heterocycles. The number of hydrogen-bond donors (Lipinski definition) is 3. The zero-order valence-electron chi connectivity index (χ0n) is 16.0. The number of imidazole rings is 1. The van der Waals surface area contributed by atoms with Crippen LogP contribution in [0, 0.1) is 19.3 Å². The maximum absolute atomic E-state index is 10.6. The molecule has 0 unspecified atom stereocenters. The van der Waals surface area contributed by atoms with Crippen LogP contribution in [0.4, 0.5) is 11.4 Å².